The molecule has 1 aromatic heterocycles. The molecule has 2 rings (SSSR count). The van der Waals surface area contributed by atoms with Crippen LogP contribution in [0, 0.1) is 6.92 Å². The molecule has 112 valence electrons. The van der Waals surface area contributed by atoms with Crippen molar-refractivity contribution in [3.63, 3.8) is 0 Å². The predicted octanol–water partition coefficient (Wildman–Crippen LogP) is 3.24. The third-order valence-corrected chi connectivity index (χ3v) is 4.05. The molecule has 21 heavy (non-hydrogen) atoms. The fourth-order valence-electron chi connectivity index (χ4n) is 1.99. The summed E-state index contributed by atoms with van der Waals surface area (Å²) in [5.74, 6) is 1.76. The van der Waals surface area contributed by atoms with E-state index in [0.29, 0.717) is 0 Å². The predicted molar refractivity (Wildman–Crippen MR) is 86.9 cm³/mol. The van der Waals surface area contributed by atoms with Crippen molar-refractivity contribution in [1.29, 1.82) is 0 Å². The molecule has 1 heterocycles. The Hall–Kier alpha value is -1.59. The Morgan fingerprint density at radius 1 is 1.29 bits per heavy atom. The number of benzene rings is 1. The van der Waals surface area contributed by atoms with Crippen molar-refractivity contribution >= 4 is 11.8 Å². The first kappa shape index (κ1) is 15.8. The van der Waals surface area contributed by atoms with E-state index in [1.54, 1.807) is 18.9 Å². The monoisotopic (exact) mass is 303 g/mol. The first-order valence-electron chi connectivity index (χ1n) is 7.01. The summed E-state index contributed by atoms with van der Waals surface area (Å²) in [5, 5.41) is 4.31. The van der Waals surface area contributed by atoms with E-state index in [1.807, 2.05) is 31.5 Å². The number of aromatic nitrogens is 2. The first-order chi connectivity index (χ1) is 10.2. The summed E-state index contributed by atoms with van der Waals surface area (Å²) in [6.07, 6.45) is 3.70. The molecule has 0 aliphatic carbocycles. The number of hydrogen-bond acceptors (Lipinski definition) is 5. The number of rotatable bonds is 7. The van der Waals surface area contributed by atoms with Crippen LogP contribution in [0.1, 0.15) is 24.1 Å². The fraction of sp³-hybridized carbons (Fsp3) is 0.375. The highest BCUT2D eigenvalue weighted by molar-refractivity contribution is 7.99. The third-order valence-electron chi connectivity index (χ3n) is 3.08. The molecule has 0 bridgehead atoms. The van der Waals surface area contributed by atoms with Gasteiger partial charge in [-0.3, -0.25) is 0 Å². The summed E-state index contributed by atoms with van der Waals surface area (Å²) in [6.45, 7) is 5.02. The van der Waals surface area contributed by atoms with Crippen LogP contribution < -0.4 is 10.1 Å². The molecule has 1 aromatic carbocycles. The molecule has 0 spiro atoms. The summed E-state index contributed by atoms with van der Waals surface area (Å²) in [4.78, 5) is 8.67. The van der Waals surface area contributed by atoms with E-state index in [4.69, 9.17) is 4.74 Å². The van der Waals surface area contributed by atoms with Gasteiger partial charge in [-0.25, -0.2) is 9.97 Å². The van der Waals surface area contributed by atoms with Crippen LogP contribution in [0.15, 0.2) is 41.8 Å². The lowest BCUT2D eigenvalue weighted by molar-refractivity contribution is 0.413. The number of aryl methyl sites for hydroxylation is 1. The van der Waals surface area contributed by atoms with Crippen LogP contribution in [-0.4, -0.2) is 29.4 Å². The zero-order chi connectivity index (χ0) is 15.1. The fourth-order valence-corrected chi connectivity index (χ4v) is 2.87. The van der Waals surface area contributed by atoms with Gasteiger partial charge in [0.25, 0.3) is 0 Å². The van der Waals surface area contributed by atoms with Gasteiger partial charge >= 0.3 is 0 Å². The van der Waals surface area contributed by atoms with Gasteiger partial charge < -0.3 is 10.1 Å². The number of thioether (sulfide) groups is 1. The van der Waals surface area contributed by atoms with E-state index in [-0.39, 0.29) is 6.04 Å². The second-order valence-electron chi connectivity index (χ2n) is 4.74. The minimum atomic E-state index is 0.250. The number of ether oxygens (including phenoxy) is 1. The summed E-state index contributed by atoms with van der Waals surface area (Å²) in [6, 6.07) is 8.42. The number of nitrogens with one attached hydrogen (secondary N) is 1. The SMILES string of the molecule is CCNC(CSc1ncc(C)cn1)c1cccc(OC)c1. The Kier molecular flexibility index (Phi) is 6.02. The smallest absolute Gasteiger partial charge is 0.187 e. The lowest BCUT2D eigenvalue weighted by Crippen LogP contribution is -2.23. The van der Waals surface area contributed by atoms with Gasteiger partial charge in [-0.05, 0) is 36.7 Å². The van der Waals surface area contributed by atoms with Crippen LogP contribution in [-0.2, 0) is 0 Å². The van der Waals surface area contributed by atoms with Gasteiger partial charge in [-0.2, -0.15) is 0 Å². The molecule has 0 amide bonds. The van der Waals surface area contributed by atoms with Crippen molar-refractivity contribution < 1.29 is 4.74 Å². The quantitative estimate of drug-likeness (QED) is 0.628. The number of hydrogen-bond donors (Lipinski definition) is 1. The van der Waals surface area contributed by atoms with Gasteiger partial charge in [0.1, 0.15) is 5.75 Å². The maximum atomic E-state index is 5.30. The maximum Gasteiger partial charge on any atom is 0.187 e. The highest BCUT2D eigenvalue weighted by Gasteiger charge is 2.12. The topological polar surface area (TPSA) is 47.0 Å². The first-order valence-corrected chi connectivity index (χ1v) is 8.00. The van der Waals surface area contributed by atoms with E-state index in [9.17, 15) is 0 Å². The molecule has 0 saturated carbocycles. The van der Waals surface area contributed by atoms with Crippen LogP contribution in [0.5, 0.6) is 5.75 Å². The zero-order valence-electron chi connectivity index (χ0n) is 12.7. The van der Waals surface area contributed by atoms with Crippen LogP contribution in [0.25, 0.3) is 0 Å². The Balaban J connectivity index is 2.05. The summed E-state index contributed by atoms with van der Waals surface area (Å²) >= 11 is 1.66. The third kappa shape index (κ3) is 4.72. The largest absolute Gasteiger partial charge is 0.497 e. The second kappa shape index (κ2) is 8.00. The molecular weight excluding hydrogens is 282 g/mol. The maximum absolute atomic E-state index is 5.30. The summed E-state index contributed by atoms with van der Waals surface area (Å²) < 4.78 is 5.30. The molecule has 0 fully saturated rings. The summed E-state index contributed by atoms with van der Waals surface area (Å²) in [7, 11) is 1.69. The van der Waals surface area contributed by atoms with Crippen molar-refractivity contribution in [1.82, 2.24) is 15.3 Å². The Bertz CT molecular complexity index is 560. The van der Waals surface area contributed by atoms with Gasteiger partial charge in [0, 0.05) is 24.2 Å². The molecule has 2 aromatic rings. The molecule has 0 radical (unpaired) electrons. The average Bonchev–Trinajstić information content (AvgIpc) is 2.53. The van der Waals surface area contributed by atoms with E-state index >= 15 is 0 Å². The Labute approximate surface area is 130 Å². The van der Waals surface area contributed by atoms with E-state index in [1.165, 1.54) is 5.56 Å². The van der Waals surface area contributed by atoms with Crippen molar-refractivity contribution in [2.45, 2.75) is 25.0 Å². The van der Waals surface area contributed by atoms with Gasteiger partial charge in [-0.1, -0.05) is 30.8 Å². The van der Waals surface area contributed by atoms with Crippen LogP contribution in [0.4, 0.5) is 0 Å². The molecule has 1 atom stereocenters. The highest BCUT2D eigenvalue weighted by Crippen LogP contribution is 2.24. The van der Waals surface area contributed by atoms with Gasteiger partial charge in [0.05, 0.1) is 7.11 Å². The van der Waals surface area contributed by atoms with Gasteiger partial charge in [0.15, 0.2) is 5.16 Å². The van der Waals surface area contributed by atoms with E-state index in [2.05, 4.69) is 34.3 Å². The molecule has 1 unspecified atom stereocenters. The minimum Gasteiger partial charge on any atom is -0.497 e. The Morgan fingerprint density at radius 2 is 2.05 bits per heavy atom. The normalized spacial score (nSPS) is 12.1. The van der Waals surface area contributed by atoms with E-state index < -0.39 is 0 Å². The van der Waals surface area contributed by atoms with Gasteiger partial charge in [0.2, 0.25) is 0 Å². The second-order valence-corrected chi connectivity index (χ2v) is 5.73. The molecule has 1 N–H and O–H groups in total. The highest BCUT2D eigenvalue weighted by atomic mass is 32.2. The van der Waals surface area contributed by atoms with Crippen LogP contribution in [0.3, 0.4) is 0 Å². The molecule has 4 nitrogen and oxygen atoms in total. The standard InChI is InChI=1S/C16H21N3OS/c1-4-17-15(13-6-5-7-14(8-13)20-3)11-21-16-18-9-12(2)10-19-16/h5-10,15,17H,4,11H2,1-3H3. The zero-order valence-corrected chi connectivity index (χ0v) is 13.5. The molecular formula is C16H21N3OS. The molecule has 0 aliphatic rings. The molecule has 0 saturated heterocycles. The van der Waals surface area contributed by atoms with Crippen LogP contribution >= 0.6 is 11.8 Å². The lowest BCUT2D eigenvalue weighted by Gasteiger charge is -2.18. The number of nitrogens with zero attached hydrogens (tertiary/aromatic N) is 2. The van der Waals surface area contributed by atoms with Crippen molar-refractivity contribution in [3.8, 4) is 5.75 Å². The minimum absolute atomic E-state index is 0.250. The summed E-state index contributed by atoms with van der Waals surface area (Å²) in [5.41, 5.74) is 2.30. The van der Waals surface area contributed by atoms with Crippen molar-refractivity contribution in [2.24, 2.45) is 0 Å². The molecule has 5 heteroatoms. The average molecular weight is 303 g/mol. The van der Waals surface area contributed by atoms with Crippen molar-refractivity contribution in [2.75, 3.05) is 19.4 Å². The van der Waals surface area contributed by atoms with Crippen LogP contribution in [0.2, 0.25) is 0 Å². The number of methoxy groups -OCH3 is 1. The lowest BCUT2D eigenvalue weighted by atomic mass is 10.1. The molecule has 0 aliphatic heterocycles. The van der Waals surface area contributed by atoms with E-state index in [0.717, 1.165) is 28.8 Å². The Morgan fingerprint density at radius 3 is 2.71 bits per heavy atom. The van der Waals surface area contributed by atoms with Crippen molar-refractivity contribution in [3.05, 3.63) is 47.8 Å². The van der Waals surface area contributed by atoms with Gasteiger partial charge in [-0.15, -0.1) is 0 Å².